The maximum Gasteiger partial charge on any atom is 0.136 e. The number of benzene rings is 2. The van der Waals surface area contributed by atoms with Crippen LogP contribution in [0.15, 0.2) is 58.3 Å². The summed E-state index contributed by atoms with van der Waals surface area (Å²) in [5, 5.41) is 5.14. The number of furan rings is 1. The minimum absolute atomic E-state index is 0.332. The number of likely N-dealkylation sites (N-methyl/N-ethyl adjacent to an activating group) is 1. The van der Waals surface area contributed by atoms with Crippen LogP contribution in [0.25, 0.3) is 40.0 Å². The molecule has 0 saturated heterocycles. The third kappa shape index (κ3) is 2.68. The SMILES string of the molecule is CC1C=c2oc3cc4ccc5c(c4cc3c2=CC1C1N(C)C2=C(CCC=C2)N1C)C=CCC5. The zero-order valence-electron chi connectivity index (χ0n) is 19.6. The van der Waals surface area contributed by atoms with Crippen molar-refractivity contribution < 1.29 is 4.42 Å². The van der Waals surface area contributed by atoms with E-state index in [4.69, 9.17) is 4.42 Å². The maximum atomic E-state index is 6.42. The van der Waals surface area contributed by atoms with Gasteiger partial charge in [-0.05, 0) is 77.8 Å². The Labute approximate surface area is 194 Å². The molecule has 33 heavy (non-hydrogen) atoms. The minimum atomic E-state index is 0.332. The van der Waals surface area contributed by atoms with Crippen molar-refractivity contribution >= 4 is 40.0 Å². The van der Waals surface area contributed by atoms with Gasteiger partial charge in [0.05, 0.1) is 5.70 Å². The first-order chi connectivity index (χ1) is 16.1. The van der Waals surface area contributed by atoms with Gasteiger partial charge in [0.15, 0.2) is 0 Å². The van der Waals surface area contributed by atoms with Gasteiger partial charge in [0.1, 0.15) is 17.2 Å². The Bertz CT molecular complexity index is 1530. The number of fused-ring (bicyclic) bond motifs is 6. The number of allylic oxidation sites excluding steroid dienone is 4. The largest absolute Gasteiger partial charge is 0.456 e. The quantitative estimate of drug-likeness (QED) is 0.529. The lowest BCUT2D eigenvalue weighted by Gasteiger charge is -2.37. The van der Waals surface area contributed by atoms with Gasteiger partial charge < -0.3 is 14.2 Å². The van der Waals surface area contributed by atoms with E-state index >= 15 is 0 Å². The van der Waals surface area contributed by atoms with Crippen LogP contribution in [-0.4, -0.2) is 30.1 Å². The molecule has 0 radical (unpaired) electrons. The van der Waals surface area contributed by atoms with Crippen LogP contribution in [0.3, 0.4) is 0 Å². The second-order valence-corrected chi connectivity index (χ2v) is 10.2. The molecule has 3 nitrogen and oxygen atoms in total. The fourth-order valence-electron chi connectivity index (χ4n) is 6.62. The minimum Gasteiger partial charge on any atom is -0.456 e. The van der Waals surface area contributed by atoms with Crippen molar-refractivity contribution in [2.45, 2.75) is 38.8 Å². The first-order valence-corrected chi connectivity index (χ1v) is 12.3. The van der Waals surface area contributed by atoms with Crippen LogP contribution >= 0.6 is 0 Å². The first-order valence-electron chi connectivity index (χ1n) is 12.3. The number of hydrogen-bond acceptors (Lipinski definition) is 3. The van der Waals surface area contributed by atoms with Gasteiger partial charge in [-0.2, -0.15) is 0 Å². The van der Waals surface area contributed by atoms with Crippen LogP contribution < -0.4 is 10.6 Å². The van der Waals surface area contributed by atoms with Gasteiger partial charge >= 0.3 is 0 Å². The van der Waals surface area contributed by atoms with Crippen LogP contribution in [0.4, 0.5) is 0 Å². The lowest BCUT2D eigenvalue weighted by atomic mass is 9.85. The van der Waals surface area contributed by atoms with Gasteiger partial charge in [0, 0.05) is 36.3 Å². The first kappa shape index (κ1) is 19.3. The zero-order valence-corrected chi connectivity index (χ0v) is 19.6. The Morgan fingerprint density at radius 2 is 1.76 bits per heavy atom. The van der Waals surface area contributed by atoms with E-state index in [1.807, 2.05) is 0 Å². The second-order valence-electron chi connectivity index (χ2n) is 10.2. The molecule has 0 spiro atoms. The van der Waals surface area contributed by atoms with Crippen LogP contribution in [0.5, 0.6) is 0 Å². The van der Waals surface area contributed by atoms with Gasteiger partial charge in [-0.25, -0.2) is 0 Å². The molecular formula is C30H30N2O. The summed E-state index contributed by atoms with van der Waals surface area (Å²) >= 11 is 0. The Hall–Kier alpha value is -3.20. The maximum absolute atomic E-state index is 6.42. The Kier molecular flexibility index (Phi) is 4.03. The Morgan fingerprint density at radius 1 is 0.909 bits per heavy atom. The second kappa shape index (κ2) is 6.90. The predicted octanol–water partition coefficient (Wildman–Crippen LogP) is 5.14. The Balaban J connectivity index is 1.41. The van der Waals surface area contributed by atoms with Crippen molar-refractivity contribution in [3.8, 4) is 0 Å². The van der Waals surface area contributed by atoms with Gasteiger partial charge in [-0.1, -0.05) is 43.4 Å². The van der Waals surface area contributed by atoms with Crippen molar-refractivity contribution in [1.82, 2.24) is 9.80 Å². The molecule has 166 valence electrons. The third-order valence-electron chi connectivity index (χ3n) is 8.34. The van der Waals surface area contributed by atoms with E-state index in [1.54, 1.807) is 0 Å². The summed E-state index contributed by atoms with van der Waals surface area (Å²) in [6, 6.07) is 9.18. The highest BCUT2D eigenvalue weighted by molar-refractivity contribution is 6.01. The predicted molar refractivity (Wildman–Crippen MR) is 137 cm³/mol. The summed E-state index contributed by atoms with van der Waals surface area (Å²) in [6.45, 7) is 2.34. The van der Waals surface area contributed by atoms with E-state index < -0.39 is 0 Å². The van der Waals surface area contributed by atoms with Crippen LogP contribution in [-0.2, 0) is 6.42 Å². The fourth-order valence-corrected chi connectivity index (χ4v) is 6.62. The lowest BCUT2D eigenvalue weighted by molar-refractivity contribution is 0.133. The van der Waals surface area contributed by atoms with Crippen molar-refractivity contribution in [1.29, 1.82) is 0 Å². The summed E-state index contributed by atoms with van der Waals surface area (Å²) in [7, 11) is 4.53. The summed E-state index contributed by atoms with van der Waals surface area (Å²) in [5.74, 6) is 0.802. The monoisotopic (exact) mass is 434 g/mol. The number of hydrogen-bond donors (Lipinski definition) is 0. The molecule has 3 heteroatoms. The fraction of sp³-hybridized carbons (Fsp3) is 0.333. The van der Waals surface area contributed by atoms with Crippen molar-refractivity contribution in [2.75, 3.05) is 14.1 Å². The molecule has 3 atom stereocenters. The highest BCUT2D eigenvalue weighted by Gasteiger charge is 2.40. The molecule has 3 aromatic rings. The average Bonchev–Trinajstić information content (AvgIpc) is 3.30. The van der Waals surface area contributed by atoms with Gasteiger partial charge in [-0.3, -0.25) is 0 Å². The van der Waals surface area contributed by atoms with Crippen LogP contribution in [0, 0.1) is 11.8 Å². The molecule has 3 unspecified atom stereocenters. The van der Waals surface area contributed by atoms with Crippen molar-refractivity contribution in [3.05, 3.63) is 75.6 Å². The molecule has 0 bridgehead atoms. The molecule has 0 saturated carbocycles. The zero-order chi connectivity index (χ0) is 22.3. The average molecular weight is 435 g/mol. The van der Waals surface area contributed by atoms with E-state index in [0.717, 1.165) is 36.7 Å². The molecule has 7 rings (SSSR count). The Morgan fingerprint density at radius 3 is 2.64 bits per heavy atom. The van der Waals surface area contributed by atoms with Crippen LogP contribution in [0.2, 0.25) is 0 Å². The molecule has 2 heterocycles. The number of nitrogens with zero attached hydrogens (tertiary/aromatic N) is 2. The van der Waals surface area contributed by atoms with Crippen molar-refractivity contribution in [2.24, 2.45) is 11.8 Å². The molecule has 3 aliphatic carbocycles. The molecular weight excluding hydrogens is 404 g/mol. The van der Waals surface area contributed by atoms with Gasteiger partial charge in [-0.15, -0.1) is 0 Å². The number of rotatable bonds is 1. The molecule has 2 aromatic carbocycles. The summed E-state index contributed by atoms with van der Waals surface area (Å²) in [5.41, 5.74) is 7.76. The third-order valence-corrected chi connectivity index (χ3v) is 8.34. The molecule has 0 fully saturated rings. The van der Waals surface area contributed by atoms with E-state index in [0.29, 0.717) is 18.0 Å². The molecule has 4 aliphatic rings. The normalized spacial score (nSPS) is 25.8. The van der Waals surface area contributed by atoms with Crippen LogP contribution in [0.1, 0.15) is 37.3 Å². The summed E-state index contributed by atoms with van der Waals surface area (Å²) < 4.78 is 6.42. The lowest BCUT2D eigenvalue weighted by Crippen LogP contribution is -2.46. The topological polar surface area (TPSA) is 19.6 Å². The highest BCUT2D eigenvalue weighted by atomic mass is 16.3. The number of aryl methyl sites for hydroxylation is 1. The molecule has 1 aliphatic heterocycles. The molecule has 1 aromatic heterocycles. The van der Waals surface area contributed by atoms with E-state index in [1.165, 1.54) is 43.9 Å². The van der Waals surface area contributed by atoms with Crippen molar-refractivity contribution in [3.63, 3.8) is 0 Å². The summed E-state index contributed by atoms with van der Waals surface area (Å²) in [6.07, 6.45) is 19.0. The standard InChI is InChI=1S/C30H30N2O/c1-18-14-28-24(16-22(18)30-31(2)26-10-6-7-11-27(26)32(30)3)25-17-23-20(15-29(25)33-28)13-12-19-8-4-5-9-21(19)23/h5-6,9-10,12-18,22,30H,4,7-8,11H2,1-3H3. The van der Waals surface area contributed by atoms with E-state index in [9.17, 15) is 0 Å². The van der Waals surface area contributed by atoms with E-state index in [-0.39, 0.29) is 0 Å². The molecule has 0 N–H and O–H groups in total. The highest BCUT2D eigenvalue weighted by Crippen LogP contribution is 2.39. The van der Waals surface area contributed by atoms with Gasteiger partial charge in [0.25, 0.3) is 0 Å². The smallest absolute Gasteiger partial charge is 0.136 e. The van der Waals surface area contributed by atoms with E-state index in [2.05, 4.69) is 91.5 Å². The van der Waals surface area contributed by atoms with Gasteiger partial charge in [0.2, 0.25) is 0 Å². The summed E-state index contributed by atoms with van der Waals surface area (Å²) in [4.78, 5) is 5.01. The molecule has 0 amide bonds.